The molecule has 10 nitrogen and oxygen atoms in total. The molecular weight excluding hydrogens is 528 g/mol. The molecule has 3 heterocycles. The lowest BCUT2D eigenvalue weighted by Gasteiger charge is -2.24. The van der Waals surface area contributed by atoms with Gasteiger partial charge in [-0.15, -0.1) is 0 Å². The summed E-state index contributed by atoms with van der Waals surface area (Å²) in [4.78, 5) is 54.9. The Balaban J connectivity index is 0.00000112. The van der Waals surface area contributed by atoms with Crippen LogP contribution in [0.3, 0.4) is 0 Å². The highest BCUT2D eigenvalue weighted by Gasteiger charge is 2.34. The molecule has 0 N–H and O–H groups in total. The molecular formula is C25H22F4N4O6. The SMILES string of the molecule is O=C(CC[C@H]1CN(c2cc(F)c(N3CCn4c(=O)c5ccccc5n4CC3)c(F)c2)C(=O)O1)C(F)F.O=C=O. The minimum atomic E-state index is -3.10. The minimum Gasteiger partial charge on any atom is -0.444 e. The van der Waals surface area contributed by atoms with Crippen LogP contribution in [0.1, 0.15) is 12.8 Å². The van der Waals surface area contributed by atoms with Crippen molar-refractivity contribution in [2.75, 3.05) is 29.4 Å². The van der Waals surface area contributed by atoms with Gasteiger partial charge in [0.1, 0.15) is 11.8 Å². The van der Waals surface area contributed by atoms with Crippen LogP contribution in [0.25, 0.3) is 10.9 Å². The number of halogens is 4. The highest BCUT2D eigenvalue weighted by Crippen LogP contribution is 2.32. The van der Waals surface area contributed by atoms with Crippen molar-refractivity contribution in [2.45, 2.75) is 38.5 Å². The van der Waals surface area contributed by atoms with Gasteiger partial charge in [0.05, 0.1) is 36.2 Å². The fraction of sp³-hybridized carbons (Fsp3) is 0.360. The molecule has 5 rings (SSSR count). The van der Waals surface area contributed by atoms with Crippen LogP contribution in [0.4, 0.5) is 33.7 Å². The number of hydrogen-bond donors (Lipinski definition) is 0. The lowest BCUT2D eigenvalue weighted by molar-refractivity contribution is -0.191. The molecule has 0 unspecified atom stereocenters. The molecule has 2 aliphatic heterocycles. The molecule has 1 amide bonds. The number of ether oxygens (including phenoxy) is 1. The summed E-state index contributed by atoms with van der Waals surface area (Å²) in [6.07, 6.45) is -5.16. The Hall–Kier alpha value is -4.45. The first-order chi connectivity index (χ1) is 18.7. The van der Waals surface area contributed by atoms with Gasteiger partial charge in [-0.2, -0.15) is 9.59 Å². The summed E-state index contributed by atoms with van der Waals surface area (Å²) in [6, 6.07) is 9.20. The first-order valence-electron chi connectivity index (χ1n) is 11.9. The number of anilines is 2. The zero-order valence-electron chi connectivity index (χ0n) is 20.3. The van der Waals surface area contributed by atoms with Gasteiger partial charge in [0.15, 0.2) is 17.4 Å². The number of aromatic nitrogens is 2. The fourth-order valence-corrected chi connectivity index (χ4v) is 4.79. The highest BCUT2D eigenvalue weighted by atomic mass is 19.3. The Morgan fingerprint density at radius 1 is 1.00 bits per heavy atom. The third kappa shape index (κ3) is 5.55. The molecule has 0 aliphatic carbocycles. The van der Waals surface area contributed by atoms with Gasteiger partial charge in [0.2, 0.25) is 0 Å². The molecule has 206 valence electrons. The van der Waals surface area contributed by atoms with Gasteiger partial charge in [-0.3, -0.25) is 19.2 Å². The number of hydrogen-bond acceptors (Lipinski definition) is 7. The van der Waals surface area contributed by atoms with E-state index >= 15 is 8.78 Å². The van der Waals surface area contributed by atoms with E-state index in [4.69, 9.17) is 14.3 Å². The Morgan fingerprint density at radius 2 is 1.62 bits per heavy atom. The Morgan fingerprint density at radius 3 is 2.26 bits per heavy atom. The molecule has 0 radical (unpaired) electrons. The van der Waals surface area contributed by atoms with Crippen LogP contribution in [0.2, 0.25) is 0 Å². The monoisotopic (exact) mass is 550 g/mol. The van der Waals surface area contributed by atoms with Crippen LogP contribution in [0.5, 0.6) is 0 Å². The predicted octanol–water partition coefficient (Wildman–Crippen LogP) is 2.96. The lowest BCUT2D eigenvalue weighted by atomic mass is 10.1. The summed E-state index contributed by atoms with van der Waals surface area (Å²) in [5, 5.41) is 0.585. The van der Waals surface area contributed by atoms with Crippen molar-refractivity contribution in [1.29, 1.82) is 0 Å². The molecule has 1 saturated heterocycles. The quantitative estimate of drug-likeness (QED) is 0.434. The number of nitrogens with zero attached hydrogens (tertiary/aromatic N) is 4. The Labute approximate surface area is 217 Å². The fourth-order valence-electron chi connectivity index (χ4n) is 4.79. The van der Waals surface area contributed by atoms with Gasteiger partial charge < -0.3 is 9.64 Å². The molecule has 1 aromatic heterocycles. The third-order valence-electron chi connectivity index (χ3n) is 6.56. The van der Waals surface area contributed by atoms with Gasteiger partial charge in [0, 0.05) is 31.6 Å². The number of para-hydroxylation sites is 1. The van der Waals surface area contributed by atoms with Gasteiger partial charge in [-0.1, -0.05) is 12.1 Å². The van der Waals surface area contributed by atoms with Crippen LogP contribution in [0, 0.1) is 11.6 Å². The van der Waals surface area contributed by atoms with E-state index in [-0.39, 0.29) is 55.7 Å². The molecule has 1 atom stereocenters. The molecule has 0 bridgehead atoms. The first kappa shape index (κ1) is 27.6. The highest BCUT2D eigenvalue weighted by molar-refractivity contribution is 5.90. The smallest absolute Gasteiger partial charge is 0.414 e. The zero-order valence-corrected chi connectivity index (χ0v) is 20.3. The maximum Gasteiger partial charge on any atom is 0.414 e. The summed E-state index contributed by atoms with van der Waals surface area (Å²) in [5.74, 6) is -3.04. The second kappa shape index (κ2) is 11.5. The molecule has 14 heteroatoms. The van der Waals surface area contributed by atoms with Crippen molar-refractivity contribution in [3.05, 3.63) is 58.4 Å². The normalized spacial score (nSPS) is 16.8. The number of rotatable bonds is 6. The predicted molar refractivity (Wildman–Crippen MR) is 128 cm³/mol. The van der Waals surface area contributed by atoms with Crippen LogP contribution in [-0.2, 0) is 32.2 Å². The van der Waals surface area contributed by atoms with E-state index in [2.05, 4.69) is 0 Å². The second-order valence-electron chi connectivity index (χ2n) is 8.82. The van der Waals surface area contributed by atoms with Crippen LogP contribution in [-0.4, -0.2) is 59.6 Å². The van der Waals surface area contributed by atoms with Crippen LogP contribution in [0.15, 0.2) is 41.2 Å². The Kier molecular flexibility index (Phi) is 8.15. The zero-order chi connectivity index (χ0) is 28.3. The summed E-state index contributed by atoms with van der Waals surface area (Å²) in [7, 11) is 0. The number of amides is 1. The van der Waals surface area contributed by atoms with Crippen LogP contribution < -0.4 is 15.4 Å². The first-order valence-corrected chi connectivity index (χ1v) is 11.9. The topological polar surface area (TPSA) is 111 Å². The van der Waals surface area contributed by atoms with E-state index in [1.807, 2.05) is 12.1 Å². The number of fused-ring (bicyclic) bond motifs is 3. The van der Waals surface area contributed by atoms with E-state index in [0.29, 0.717) is 11.9 Å². The summed E-state index contributed by atoms with van der Waals surface area (Å²) >= 11 is 0. The molecule has 2 aromatic carbocycles. The largest absolute Gasteiger partial charge is 0.444 e. The van der Waals surface area contributed by atoms with Crippen molar-refractivity contribution in [3.8, 4) is 0 Å². The minimum absolute atomic E-state index is 0.0790. The number of cyclic esters (lactones) is 1. The van der Waals surface area contributed by atoms with Gasteiger partial charge in [-0.05, 0) is 18.6 Å². The van der Waals surface area contributed by atoms with E-state index in [9.17, 15) is 23.2 Å². The average Bonchev–Trinajstić information content (AvgIpc) is 3.30. The molecule has 0 spiro atoms. The van der Waals surface area contributed by atoms with Gasteiger partial charge >= 0.3 is 12.2 Å². The van der Waals surface area contributed by atoms with E-state index in [1.165, 1.54) is 4.90 Å². The molecule has 0 saturated carbocycles. The van der Waals surface area contributed by atoms with Gasteiger partial charge in [-0.25, -0.2) is 27.0 Å². The summed E-state index contributed by atoms with van der Waals surface area (Å²) < 4.78 is 63.6. The van der Waals surface area contributed by atoms with Gasteiger partial charge in [0.25, 0.3) is 12.0 Å². The maximum atomic E-state index is 15.2. The average molecular weight is 550 g/mol. The van der Waals surface area contributed by atoms with Crippen molar-refractivity contribution < 1.29 is 41.5 Å². The van der Waals surface area contributed by atoms with Crippen molar-refractivity contribution in [1.82, 2.24) is 9.36 Å². The number of carbonyl (C=O) groups is 2. The number of ketones is 1. The molecule has 39 heavy (non-hydrogen) atoms. The van der Waals surface area contributed by atoms with Crippen molar-refractivity contribution >= 4 is 40.3 Å². The number of alkyl halides is 2. The maximum absolute atomic E-state index is 15.2. The molecule has 2 aliphatic rings. The number of carbonyl (C=O) groups excluding carboxylic acids is 4. The Bertz CT molecular complexity index is 1470. The number of benzene rings is 2. The third-order valence-corrected chi connectivity index (χ3v) is 6.56. The molecule has 1 fully saturated rings. The number of Topliss-reactive ketones (excluding diaryl/α,β-unsaturated/α-hetero) is 1. The second-order valence-corrected chi connectivity index (χ2v) is 8.82. The van der Waals surface area contributed by atoms with Crippen molar-refractivity contribution in [3.63, 3.8) is 0 Å². The summed E-state index contributed by atoms with van der Waals surface area (Å²) in [5.41, 5.74) is 0.234. The van der Waals surface area contributed by atoms with E-state index < -0.39 is 42.5 Å². The molecule has 3 aromatic rings. The van der Waals surface area contributed by atoms with Crippen molar-refractivity contribution in [2.24, 2.45) is 0 Å². The standard InChI is InChI=1S/C24H22F4N4O4.CO2/c25-17-11-14(30-13-15(36-24(30)35)5-6-20(33)22(27)28)12-18(26)21(17)29-7-9-31-19-4-2-1-3-16(19)23(34)32(31)10-8-29;2-1-3/h1-4,11-12,15,22H,5-10,13H2;/t15-;/m0./s1. The van der Waals surface area contributed by atoms with E-state index in [0.717, 1.165) is 22.5 Å². The van der Waals surface area contributed by atoms with Crippen LogP contribution >= 0.6 is 0 Å². The van der Waals surface area contributed by atoms with E-state index in [1.54, 1.807) is 21.5 Å². The summed E-state index contributed by atoms with van der Waals surface area (Å²) in [6.45, 7) is 0.877. The lowest BCUT2D eigenvalue weighted by Crippen LogP contribution is -2.30.